The Balaban J connectivity index is 1.17. The van der Waals surface area contributed by atoms with Crippen molar-refractivity contribution in [3.63, 3.8) is 0 Å². The van der Waals surface area contributed by atoms with Crippen molar-refractivity contribution < 1.29 is 26.4 Å². The molecule has 8 nitrogen and oxygen atoms in total. The topological polar surface area (TPSA) is 95.8 Å². The zero-order valence-corrected chi connectivity index (χ0v) is 18.4. The average Bonchev–Trinajstić information content (AvgIpc) is 3.19. The molecule has 3 aromatic rings. The van der Waals surface area contributed by atoms with E-state index in [-0.39, 0.29) is 19.0 Å². The van der Waals surface area contributed by atoms with Crippen LogP contribution in [-0.2, 0) is 10.0 Å². The summed E-state index contributed by atoms with van der Waals surface area (Å²) in [5.74, 6) is -1.63. The Bertz CT molecular complexity index is 1280. The van der Waals surface area contributed by atoms with Crippen LogP contribution in [0, 0.1) is 11.6 Å². The van der Waals surface area contributed by atoms with Gasteiger partial charge in [0.05, 0.1) is 6.26 Å². The third kappa shape index (κ3) is 3.95. The molecule has 0 unspecified atom stereocenters. The number of fused-ring (bicyclic) bond motifs is 1. The monoisotopic (exact) mass is 476 g/mol. The highest BCUT2D eigenvalue weighted by atomic mass is 32.2. The molecule has 0 spiro atoms. The number of para-hydroxylation sites is 1. The molecule has 174 valence electrons. The Kier molecular flexibility index (Phi) is 5.53. The second-order valence-corrected chi connectivity index (χ2v) is 10.5. The quantitative estimate of drug-likeness (QED) is 0.622. The molecule has 5 rings (SSSR count). The molecule has 2 aromatic heterocycles. The maximum Gasteiger partial charge on any atom is 0.322 e. The number of furan rings is 1. The molecule has 0 bridgehead atoms. The van der Waals surface area contributed by atoms with Crippen molar-refractivity contribution in [2.75, 3.05) is 31.5 Å². The van der Waals surface area contributed by atoms with E-state index in [2.05, 4.69) is 10.3 Å². The highest BCUT2D eigenvalue weighted by Crippen LogP contribution is 2.35. The normalized spacial score (nSPS) is 18.4. The maximum atomic E-state index is 13.7. The fourth-order valence-corrected chi connectivity index (χ4v) is 6.28. The number of nitrogens with zero attached hydrogens (tertiary/aromatic N) is 3. The van der Waals surface area contributed by atoms with Gasteiger partial charge in [-0.15, -0.1) is 0 Å². The van der Waals surface area contributed by atoms with Gasteiger partial charge in [0.15, 0.2) is 5.58 Å². The number of hydrogen-bond donors (Lipinski definition) is 1. The minimum atomic E-state index is -3.59. The molecule has 0 atom stereocenters. The van der Waals surface area contributed by atoms with E-state index in [0.29, 0.717) is 31.5 Å². The van der Waals surface area contributed by atoms with Crippen molar-refractivity contribution >= 4 is 32.8 Å². The molecule has 33 heavy (non-hydrogen) atoms. The molecule has 1 aromatic carbocycles. The van der Waals surface area contributed by atoms with Gasteiger partial charge in [-0.05, 0) is 43.0 Å². The smallest absolute Gasteiger partial charge is 0.322 e. The molecule has 0 saturated carbocycles. The largest absolute Gasteiger partial charge is 0.462 e. The van der Waals surface area contributed by atoms with Crippen LogP contribution in [0.2, 0.25) is 0 Å². The number of carbonyl (C=O) groups is 1. The number of carbonyl (C=O) groups excluding carboxylic acids is 1. The first-order valence-electron chi connectivity index (χ1n) is 10.7. The van der Waals surface area contributed by atoms with Crippen LogP contribution >= 0.6 is 0 Å². The first-order valence-corrected chi connectivity index (χ1v) is 12.2. The number of urea groups is 1. The third-order valence-electron chi connectivity index (χ3n) is 6.36. The number of piperidine rings is 1. The van der Waals surface area contributed by atoms with Gasteiger partial charge in [0.2, 0.25) is 10.0 Å². The van der Waals surface area contributed by atoms with E-state index in [1.165, 1.54) is 15.3 Å². The molecular formula is C22H22F2N4O4S. The molecule has 0 radical (unpaired) electrons. The molecule has 4 heterocycles. The van der Waals surface area contributed by atoms with Gasteiger partial charge in [-0.25, -0.2) is 26.3 Å². The van der Waals surface area contributed by atoms with Gasteiger partial charge in [-0.2, -0.15) is 0 Å². The molecule has 2 amide bonds. The van der Waals surface area contributed by atoms with Crippen LogP contribution in [-0.4, -0.2) is 60.1 Å². The van der Waals surface area contributed by atoms with Crippen molar-refractivity contribution in [2.24, 2.45) is 0 Å². The van der Waals surface area contributed by atoms with Gasteiger partial charge in [0, 0.05) is 37.9 Å². The van der Waals surface area contributed by atoms with Gasteiger partial charge in [-0.3, -0.25) is 4.98 Å². The first-order chi connectivity index (χ1) is 15.8. The summed E-state index contributed by atoms with van der Waals surface area (Å²) >= 11 is 0. The fraction of sp³-hybridized carbons (Fsp3) is 0.364. The number of rotatable bonds is 4. The standard InChI is InChI=1S/C22H22F2N4O4S/c23-17-3-1-4-18(24)21(17)26-22(29)27-11-15(12-27)33(30,31)28-9-6-14(7-10-28)16-13-32-19-5-2-8-25-20(16)19/h1-5,8,13-15H,6-7,9-12H2,(H,26,29). The summed E-state index contributed by atoms with van der Waals surface area (Å²) < 4.78 is 60.6. The van der Waals surface area contributed by atoms with E-state index in [1.54, 1.807) is 18.5 Å². The highest BCUT2D eigenvalue weighted by Gasteiger charge is 2.44. The molecule has 2 aliphatic rings. The van der Waals surface area contributed by atoms with Crippen molar-refractivity contribution in [1.82, 2.24) is 14.2 Å². The molecule has 11 heteroatoms. The molecule has 2 aliphatic heterocycles. The maximum absolute atomic E-state index is 13.7. The Morgan fingerprint density at radius 2 is 1.79 bits per heavy atom. The van der Waals surface area contributed by atoms with Crippen LogP contribution in [0.25, 0.3) is 11.1 Å². The zero-order chi connectivity index (χ0) is 23.2. The summed E-state index contributed by atoms with van der Waals surface area (Å²) in [6, 6.07) is 6.19. The Hall–Kier alpha value is -3.05. The van der Waals surface area contributed by atoms with E-state index in [1.807, 2.05) is 6.07 Å². The summed E-state index contributed by atoms with van der Waals surface area (Å²) in [4.78, 5) is 17.9. The lowest BCUT2D eigenvalue weighted by Gasteiger charge is -2.42. The second kappa shape index (κ2) is 8.38. The summed E-state index contributed by atoms with van der Waals surface area (Å²) in [5, 5.41) is 1.45. The van der Waals surface area contributed by atoms with Crippen molar-refractivity contribution in [2.45, 2.75) is 24.0 Å². The number of anilines is 1. The van der Waals surface area contributed by atoms with E-state index in [0.717, 1.165) is 23.2 Å². The first kappa shape index (κ1) is 21.8. The van der Waals surface area contributed by atoms with Gasteiger partial charge in [0.25, 0.3) is 0 Å². The van der Waals surface area contributed by atoms with Crippen LogP contribution < -0.4 is 5.32 Å². The number of hydrogen-bond acceptors (Lipinski definition) is 5. The molecule has 0 aliphatic carbocycles. The van der Waals surface area contributed by atoms with Crippen LogP contribution in [0.15, 0.2) is 47.2 Å². The lowest BCUT2D eigenvalue weighted by molar-refractivity contribution is 0.179. The van der Waals surface area contributed by atoms with Crippen molar-refractivity contribution in [1.29, 1.82) is 0 Å². The minimum absolute atomic E-state index is 0.0273. The predicted molar refractivity (Wildman–Crippen MR) is 117 cm³/mol. The Labute approximate surface area is 189 Å². The Morgan fingerprint density at radius 3 is 2.48 bits per heavy atom. The minimum Gasteiger partial charge on any atom is -0.462 e. The number of benzene rings is 1. The number of nitrogens with one attached hydrogen (secondary N) is 1. The number of aromatic nitrogens is 1. The van der Waals surface area contributed by atoms with E-state index in [9.17, 15) is 22.0 Å². The van der Waals surface area contributed by atoms with Gasteiger partial charge in [0.1, 0.15) is 28.1 Å². The summed E-state index contributed by atoms with van der Waals surface area (Å²) in [6.45, 7) is 0.687. The van der Waals surface area contributed by atoms with Gasteiger partial charge >= 0.3 is 6.03 Å². The summed E-state index contributed by atoms with van der Waals surface area (Å²) in [5.41, 5.74) is 1.98. The lowest BCUT2D eigenvalue weighted by atomic mass is 9.91. The zero-order valence-electron chi connectivity index (χ0n) is 17.6. The van der Waals surface area contributed by atoms with E-state index < -0.39 is 38.6 Å². The number of amides is 2. The Morgan fingerprint density at radius 1 is 1.09 bits per heavy atom. The molecule has 2 fully saturated rings. The van der Waals surface area contributed by atoms with E-state index >= 15 is 0 Å². The van der Waals surface area contributed by atoms with E-state index in [4.69, 9.17) is 4.42 Å². The average molecular weight is 477 g/mol. The fourth-order valence-electron chi connectivity index (χ4n) is 4.40. The SMILES string of the molecule is O=C(Nc1c(F)cccc1F)N1CC(S(=O)(=O)N2CCC(c3coc4cccnc34)CC2)C1. The molecular weight excluding hydrogens is 454 g/mol. The van der Waals surface area contributed by atoms with Crippen molar-refractivity contribution in [3.05, 3.63) is 60.0 Å². The summed E-state index contributed by atoms with van der Waals surface area (Å²) in [6.07, 6.45) is 4.70. The number of pyridine rings is 1. The van der Waals surface area contributed by atoms with Gasteiger partial charge in [-0.1, -0.05) is 6.07 Å². The van der Waals surface area contributed by atoms with Crippen LogP contribution in [0.3, 0.4) is 0 Å². The van der Waals surface area contributed by atoms with Crippen LogP contribution in [0.1, 0.15) is 24.3 Å². The summed E-state index contributed by atoms with van der Waals surface area (Å²) in [7, 11) is -3.59. The number of sulfonamides is 1. The third-order valence-corrected chi connectivity index (χ3v) is 8.59. The van der Waals surface area contributed by atoms with Crippen molar-refractivity contribution in [3.8, 4) is 0 Å². The predicted octanol–water partition coefficient (Wildman–Crippen LogP) is 3.53. The molecule has 1 N–H and O–H groups in total. The number of halogens is 2. The highest BCUT2D eigenvalue weighted by molar-refractivity contribution is 7.89. The van der Waals surface area contributed by atoms with Crippen LogP contribution in [0.4, 0.5) is 19.3 Å². The lowest BCUT2D eigenvalue weighted by Crippen LogP contribution is -2.61. The number of likely N-dealkylation sites (tertiary alicyclic amines) is 1. The van der Waals surface area contributed by atoms with Crippen LogP contribution in [0.5, 0.6) is 0 Å². The van der Waals surface area contributed by atoms with Gasteiger partial charge < -0.3 is 14.6 Å². The molecule has 2 saturated heterocycles. The second-order valence-electron chi connectivity index (χ2n) is 8.31.